The fourth-order valence-corrected chi connectivity index (χ4v) is 3.13. The molecular weight excluding hydrogens is 340 g/mol. The molecule has 1 amide bonds. The highest BCUT2D eigenvalue weighted by Gasteiger charge is 2.31. The highest BCUT2D eigenvalue weighted by Crippen LogP contribution is 2.26. The van der Waals surface area contributed by atoms with E-state index < -0.39 is 5.66 Å². The van der Waals surface area contributed by atoms with Gasteiger partial charge in [-0.05, 0) is 64.2 Å². The molecule has 1 unspecified atom stereocenters. The van der Waals surface area contributed by atoms with E-state index in [-0.39, 0.29) is 5.91 Å². The Labute approximate surface area is 163 Å². The third-order valence-corrected chi connectivity index (χ3v) is 5.01. The van der Waals surface area contributed by atoms with Crippen LogP contribution >= 0.6 is 0 Å². The van der Waals surface area contributed by atoms with Crippen LogP contribution in [-0.2, 0) is 11.2 Å². The van der Waals surface area contributed by atoms with Gasteiger partial charge in [-0.3, -0.25) is 10.1 Å². The molecule has 150 valence electrons. The first kappa shape index (κ1) is 21.1. The number of hydrogen-bond acceptors (Lipinski definition) is 6. The average Bonchev–Trinajstić information content (AvgIpc) is 2.61. The highest BCUT2D eigenvalue weighted by molar-refractivity contribution is 5.74. The zero-order chi connectivity index (χ0) is 20.0. The summed E-state index contributed by atoms with van der Waals surface area (Å²) in [5, 5.41) is 13.3. The Morgan fingerprint density at radius 2 is 2.00 bits per heavy atom. The highest BCUT2D eigenvalue weighted by atomic mass is 16.2. The Kier molecular flexibility index (Phi) is 7.10. The van der Waals surface area contributed by atoms with Crippen molar-refractivity contribution in [1.82, 2.24) is 20.4 Å². The molecule has 2 rings (SSSR count). The van der Waals surface area contributed by atoms with Crippen LogP contribution in [0.3, 0.4) is 0 Å². The standard InChI is InChI=1S/C20H34N6O/c1-15(27)26(6)20(2)13-19(22-14-23-20)24-17-10-9-16(12-18(17)21-3)8-7-11-25(4)5/h9-10,12-13,21-24H,7-8,11,14H2,1-6H3. The lowest BCUT2D eigenvalue weighted by Crippen LogP contribution is -2.60. The lowest BCUT2D eigenvalue weighted by atomic mass is 10.1. The second kappa shape index (κ2) is 9.10. The van der Waals surface area contributed by atoms with Crippen LogP contribution < -0.4 is 21.3 Å². The number of amides is 1. The van der Waals surface area contributed by atoms with E-state index in [0.29, 0.717) is 6.67 Å². The van der Waals surface area contributed by atoms with E-state index in [9.17, 15) is 4.79 Å². The fourth-order valence-electron chi connectivity index (χ4n) is 3.13. The monoisotopic (exact) mass is 374 g/mol. The van der Waals surface area contributed by atoms with Crippen molar-refractivity contribution in [3.05, 3.63) is 35.7 Å². The maximum Gasteiger partial charge on any atom is 0.220 e. The first-order valence-electron chi connectivity index (χ1n) is 9.44. The lowest BCUT2D eigenvalue weighted by molar-refractivity contribution is -0.132. The van der Waals surface area contributed by atoms with E-state index >= 15 is 0 Å². The van der Waals surface area contributed by atoms with Gasteiger partial charge in [0, 0.05) is 21.0 Å². The number of likely N-dealkylation sites (N-methyl/N-ethyl adjacent to an activating group) is 1. The van der Waals surface area contributed by atoms with Gasteiger partial charge in [0.1, 0.15) is 11.5 Å². The molecule has 0 saturated heterocycles. The predicted octanol–water partition coefficient (Wildman–Crippen LogP) is 1.82. The van der Waals surface area contributed by atoms with Gasteiger partial charge in [0.05, 0.1) is 18.0 Å². The third kappa shape index (κ3) is 5.61. The molecule has 0 aliphatic carbocycles. The van der Waals surface area contributed by atoms with Crippen molar-refractivity contribution in [2.45, 2.75) is 32.4 Å². The number of nitrogens with zero attached hydrogens (tertiary/aromatic N) is 2. The van der Waals surface area contributed by atoms with Crippen LogP contribution in [0.5, 0.6) is 0 Å². The van der Waals surface area contributed by atoms with Crippen LogP contribution in [0.15, 0.2) is 30.1 Å². The van der Waals surface area contributed by atoms with Gasteiger partial charge in [-0.2, -0.15) is 0 Å². The molecule has 1 aromatic carbocycles. The number of nitrogens with one attached hydrogen (secondary N) is 4. The van der Waals surface area contributed by atoms with Crippen LogP contribution in [0.25, 0.3) is 0 Å². The maximum atomic E-state index is 11.8. The van der Waals surface area contributed by atoms with Crippen LogP contribution in [0, 0.1) is 0 Å². The first-order valence-corrected chi connectivity index (χ1v) is 9.44. The molecule has 1 atom stereocenters. The molecule has 0 saturated carbocycles. The second-order valence-corrected chi connectivity index (χ2v) is 7.48. The van der Waals surface area contributed by atoms with E-state index in [1.807, 2.05) is 20.0 Å². The second-order valence-electron chi connectivity index (χ2n) is 7.48. The summed E-state index contributed by atoms with van der Waals surface area (Å²) in [6, 6.07) is 6.47. The first-order chi connectivity index (χ1) is 12.7. The van der Waals surface area contributed by atoms with Gasteiger partial charge < -0.3 is 25.8 Å². The number of carbonyl (C=O) groups excluding carboxylic acids is 1. The topological polar surface area (TPSA) is 71.7 Å². The minimum Gasteiger partial charge on any atom is -0.386 e. The van der Waals surface area contributed by atoms with E-state index in [4.69, 9.17) is 0 Å². The Bertz CT molecular complexity index is 687. The van der Waals surface area contributed by atoms with Gasteiger partial charge in [-0.25, -0.2) is 0 Å². The van der Waals surface area contributed by atoms with Gasteiger partial charge in [0.25, 0.3) is 0 Å². The number of rotatable bonds is 8. The normalized spacial score (nSPS) is 19.3. The van der Waals surface area contributed by atoms with Crippen molar-refractivity contribution in [3.8, 4) is 0 Å². The smallest absolute Gasteiger partial charge is 0.220 e. The number of anilines is 2. The Morgan fingerprint density at radius 1 is 1.26 bits per heavy atom. The molecule has 0 spiro atoms. The SMILES string of the molecule is CNc1cc(CCCN(C)C)ccc1NC1=CC(C)(N(C)C(C)=O)NCN1. The van der Waals surface area contributed by atoms with Crippen LogP contribution in [0.2, 0.25) is 0 Å². The Balaban J connectivity index is 2.13. The summed E-state index contributed by atoms with van der Waals surface area (Å²) in [6.07, 6.45) is 4.19. The van der Waals surface area contributed by atoms with Crippen LogP contribution in [0.4, 0.5) is 11.4 Å². The zero-order valence-electron chi connectivity index (χ0n) is 17.4. The van der Waals surface area contributed by atoms with E-state index in [1.165, 1.54) is 5.56 Å². The average molecular weight is 375 g/mol. The quantitative estimate of drug-likeness (QED) is 0.556. The van der Waals surface area contributed by atoms with Crippen LogP contribution in [-0.4, -0.2) is 62.8 Å². The van der Waals surface area contributed by atoms with Crippen LogP contribution in [0.1, 0.15) is 25.8 Å². The number of aryl methyl sites for hydroxylation is 1. The van der Waals surface area contributed by atoms with Gasteiger partial charge in [-0.15, -0.1) is 0 Å². The van der Waals surface area contributed by atoms with E-state index in [1.54, 1.807) is 18.9 Å². The molecule has 1 aromatic rings. The van der Waals surface area contributed by atoms with Crippen molar-refractivity contribution in [3.63, 3.8) is 0 Å². The minimum atomic E-state index is -0.536. The van der Waals surface area contributed by atoms with Crippen molar-refractivity contribution < 1.29 is 4.79 Å². The van der Waals surface area contributed by atoms with E-state index in [0.717, 1.165) is 36.6 Å². The molecule has 7 nitrogen and oxygen atoms in total. The summed E-state index contributed by atoms with van der Waals surface area (Å²) in [5.74, 6) is 0.890. The number of benzene rings is 1. The summed E-state index contributed by atoms with van der Waals surface area (Å²) in [7, 11) is 7.94. The van der Waals surface area contributed by atoms with Crippen molar-refractivity contribution in [2.75, 3.05) is 52.0 Å². The summed E-state index contributed by atoms with van der Waals surface area (Å²) in [4.78, 5) is 15.7. The Hall–Kier alpha value is -2.25. The summed E-state index contributed by atoms with van der Waals surface area (Å²) >= 11 is 0. The van der Waals surface area contributed by atoms with E-state index in [2.05, 4.69) is 58.5 Å². The zero-order valence-corrected chi connectivity index (χ0v) is 17.4. The van der Waals surface area contributed by atoms with Gasteiger partial charge >= 0.3 is 0 Å². The molecule has 0 fully saturated rings. The number of hydrogen-bond donors (Lipinski definition) is 4. The molecule has 27 heavy (non-hydrogen) atoms. The molecule has 4 N–H and O–H groups in total. The molecule has 1 heterocycles. The minimum absolute atomic E-state index is 0.0143. The van der Waals surface area contributed by atoms with Crippen molar-refractivity contribution in [1.29, 1.82) is 0 Å². The fraction of sp³-hybridized carbons (Fsp3) is 0.550. The molecule has 0 bridgehead atoms. The molecule has 0 aromatic heterocycles. The summed E-state index contributed by atoms with van der Waals surface area (Å²) in [6.45, 7) is 5.22. The van der Waals surface area contributed by atoms with Gasteiger partial charge in [0.2, 0.25) is 5.91 Å². The van der Waals surface area contributed by atoms with Crippen molar-refractivity contribution >= 4 is 17.3 Å². The molecular formula is C20H34N6O. The molecule has 7 heteroatoms. The third-order valence-electron chi connectivity index (χ3n) is 5.01. The maximum absolute atomic E-state index is 11.8. The molecule has 0 radical (unpaired) electrons. The summed E-state index contributed by atoms with van der Waals surface area (Å²) < 4.78 is 0. The van der Waals surface area contributed by atoms with Gasteiger partial charge in [-0.1, -0.05) is 6.07 Å². The van der Waals surface area contributed by atoms with Crippen molar-refractivity contribution in [2.24, 2.45) is 0 Å². The molecule has 1 aliphatic rings. The lowest BCUT2D eigenvalue weighted by Gasteiger charge is -2.40. The molecule has 1 aliphatic heterocycles. The number of carbonyl (C=O) groups is 1. The van der Waals surface area contributed by atoms with Gasteiger partial charge in [0.15, 0.2) is 0 Å². The predicted molar refractivity (Wildman–Crippen MR) is 113 cm³/mol. The summed E-state index contributed by atoms with van der Waals surface area (Å²) in [5.41, 5.74) is 2.84. The Morgan fingerprint density at radius 3 is 2.63 bits per heavy atom. The largest absolute Gasteiger partial charge is 0.386 e.